The van der Waals surface area contributed by atoms with Crippen molar-refractivity contribution in [3.63, 3.8) is 0 Å². The van der Waals surface area contributed by atoms with Crippen LogP contribution in [0.15, 0.2) is 66.7 Å². The highest BCUT2D eigenvalue weighted by molar-refractivity contribution is 7.92. The quantitative estimate of drug-likeness (QED) is 0.470. The SMILES string of the molecule is CCn1c2ccccc2c2cc(NC(=O)c3ccc(N(C)S(=O)(=O)CC)cc3)ccc21. The third kappa shape index (κ3) is 3.77. The third-order valence-corrected chi connectivity index (χ3v) is 7.40. The summed E-state index contributed by atoms with van der Waals surface area (Å²) in [6.45, 7) is 4.58. The molecule has 3 aromatic carbocycles. The molecule has 1 amide bonds. The summed E-state index contributed by atoms with van der Waals surface area (Å²) in [5, 5.41) is 5.20. The molecule has 0 fully saturated rings. The van der Waals surface area contributed by atoms with Gasteiger partial charge in [-0.3, -0.25) is 9.10 Å². The van der Waals surface area contributed by atoms with Crippen molar-refractivity contribution in [2.75, 3.05) is 22.4 Å². The maximum absolute atomic E-state index is 12.8. The Morgan fingerprint density at radius 1 is 0.935 bits per heavy atom. The number of nitrogens with zero attached hydrogens (tertiary/aromatic N) is 2. The molecule has 0 spiro atoms. The summed E-state index contributed by atoms with van der Waals surface area (Å²) in [5.41, 5.74) is 4.00. The van der Waals surface area contributed by atoms with Crippen LogP contribution < -0.4 is 9.62 Å². The Morgan fingerprint density at radius 3 is 2.29 bits per heavy atom. The number of rotatable bonds is 6. The first-order chi connectivity index (χ1) is 14.9. The zero-order chi connectivity index (χ0) is 22.2. The molecule has 7 heteroatoms. The smallest absolute Gasteiger partial charge is 0.255 e. The number of hydrogen-bond acceptors (Lipinski definition) is 3. The van der Waals surface area contributed by atoms with Crippen molar-refractivity contribution >= 4 is 49.1 Å². The van der Waals surface area contributed by atoms with E-state index in [1.54, 1.807) is 31.2 Å². The van der Waals surface area contributed by atoms with Gasteiger partial charge in [-0.05, 0) is 62.4 Å². The summed E-state index contributed by atoms with van der Waals surface area (Å²) < 4.78 is 27.5. The second kappa shape index (κ2) is 8.07. The van der Waals surface area contributed by atoms with Gasteiger partial charge in [0.05, 0.1) is 11.4 Å². The van der Waals surface area contributed by atoms with E-state index >= 15 is 0 Å². The highest BCUT2D eigenvalue weighted by atomic mass is 32.2. The van der Waals surface area contributed by atoms with E-state index in [-0.39, 0.29) is 11.7 Å². The van der Waals surface area contributed by atoms with Gasteiger partial charge < -0.3 is 9.88 Å². The van der Waals surface area contributed by atoms with Gasteiger partial charge in [0.15, 0.2) is 0 Å². The first-order valence-corrected chi connectivity index (χ1v) is 11.9. The molecule has 0 saturated heterocycles. The van der Waals surface area contributed by atoms with E-state index < -0.39 is 10.0 Å². The maximum atomic E-state index is 12.8. The molecule has 0 atom stereocenters. The number of nitrogens with one attached hydrogen (secondary N) is 1. The number of aromatic nitrogens is 1. The van der Waals surface area contributed by atoms with Gasteiger partial charge in [-0.2, -0.15) is 0 Å². The molecule has 0 radical (unpaired) electrons. The van der Waals surface area contributed by atoms with Crippen LogP contribution in [0, 0.1) is 0 Å². The van der Waals surface area contributed by atoms with Crippen LogP contribution in [-0.4, -0.2) is 31.7 Å². The summed E-state index contributed by atoms with van der Waals surface area (Å²) in [7, 11) is -1.83. The Balaban J connectivity index is 1.61. The summed E-state index contributed by atoms with van der Waals surface area (Å²) >= 11 is 0. The molecule has 0 bridgehead atoms. The summed E-state index contributed by atoms with van der Waals surface area (Å²) in [6, 6.07) is 20.7. The number of benzene rings is 3. The lowest BCUT2D eigenvalue weighted by atomic mass is 10.1. The van der Waals surface area contributed by atoms with Crippen LogP contribution in [0.2, 0.25) is 0 Å². The van der Waals surface area contributed by atoms with E-state index in [9.17, 15) is 13.2 Å². The number of fused-ring (bicyclic) bond motifs is 3. The first kappa shape index (κ1) is 20.9. The second-order valence-electron chi connectivity index (χ2n) is 7.36. The number of sulfonamides is 1. The number of para-hydroxylation sites is 1. The predicted octanol–water partition coefficient (Wildman–Crippen LogP) is 4.85. The summed E-state index contributed by atoms with van der Waals surface area (Å²) in [6.07, 6.45) is 0. The highest BCUT2D eigenvalue weighted by Crippen LogP contribution is 2.31. The average Bonchev–Trinajstić information content (AvgIpc) is 3.11. The number of carbonyl (C=O) groups is 1. The molecule has 0 aliphatic heterocycles. The fourth-order valence-corrected chi connectivity index (χ4v) is 4.68. The van der Waals surface area contributed by atoms with E-state index in [1.165, 1.54) is 16.9 Å². The van der Waals surface area contributed by atoms with Crippen LogP contribution in [-0.2, 0) is 16.6 Å². The number of carbonyl (C=O) groups excluding carboxylic acids is 1. The lowest BCUT2D eigenvalue weighted by Gasteiger charge is -2.18. The van der Waals surface area contributed by atoms with Gasteiger partial charge >= 0.3 is 0 Å². The molecule has 1 heterocycles. The molecule has 4 aromatic rings. The van der Waals surface area contributed by atoms with Crippen molar-refractivity contribution in [3.8, 4) is 0 Å². The Hall–Kier alpha value is -3.32. The van der Waals surface area contributed by atoms with Gasteiger partial charge in [0, 0.05) is 46.6 Å². The Morgan fingerprint density at radius 2 is 1.61 bits per heavy atom. The average molecular weight is 436 g/mol. The van der Waals surface area contributed by atoms with Crippen molar-refractivity contribution < 1.29 is 13.2 Å². The molecule has 0 unspecified atom stereocenters. The van der Waals surface area contributed by atoms with Crippen LogP contribution >= 0.6 is 0 Å². The fraction of sp³-hybridized carbons (Fsp3) is 0.208. The van der Waals surface area contributed by atoms with Gasteiger partial charge in [0.25, 0.3) is 5.91 Å². The van der Waals surface area contributed by atoms with E-state index in [4.69, 9.17) is 0 Å². The number of hydrogen-bond donors (Lipinski definition) is 1. The molecule has 1 N–H and O–H groups in total. The van der Waals surface area contributed by atoms with E-state index in [0.29, 0.717) is 16.9 Å². The predicted molar refractivity (Wildman–Crippen MR) is 127 cm³/mol. The summed E-state index contributed by atoms with van der Waals surface area (Å²) in [4.78, 5) is 12.8. The minimum Gasteiger partial charge on any atom is -0.341 e. The second-order valence-corrected chi connectivity index (χ2v) is 9.65. The lowest BCUT2D eigenvalue weighted by Crippen LogP contribution is -2.28. The molecule has 0 aliphatic rings. The van der Waals surface area contributed by atoms with Gasteiger partial charge in [-0.1, -0.05) is 18.2 Å². The molecule has 0 aliphatic carbocycles. The number of anilines is 2. The fourth-order valence-electron chi connectivity index (χ4n) is 3.85. The minimum atomic E-state index is -3.34. The summed E-state index contributed by atoms with van der Waals surface area (Å²) in [5.74, 6) is -0.228. The first-order valence-electron chi connectivity index (χ1n) is 10.2. The Bertz CT molecular complexity index is 1370. The minimum absolute atomic E-state index is 0.0165. The molecule has 31 heavy (non-hydrogen) atoms. The van der Waals surface area contributed by atoms with Crippen LogP contribution in [0.3, 0.4) is 0 Å². The van der Waals surface area contributed by atoms with Crippen LogP contribution in [0.25, 0.3) is 21.8 Å². The molecule has 4 rings (SSSR count). The third-order valence-electron chi connectivity index (χ3n) is 5.62. The van der Waals surface area contributed by atoms with Crippen molar-refractivity contribution in [1.29, 1.82) is 0 Å². The molecule has 0 saturated carbocycles. The largest absolute Gasteiger partial charge is 0.341 e. The molecule has 160 valence electrons. The topological polar surface area (TPSA) is 71.4 Å². The van der Waals surface area contributed by atoms with Crippen molar-refractivity contribution in [3.05, 3.63) is 72.3 Å². The zero-order valence-electron chi connectivity index (χ0n) is 17.8. The van der Waals surface area contributed by atoms with E-state index in [0.717, 1.165) is 22.8 Å². The Labute approximate surface area is 182 Å². The Kier molecular flexibility index (Phi) is 5.45. The van der Waals surface area contributed by atoms with E-state index in [2.05, 4.69) is 28.9 Å². The van der Waals surface area contributed by atoms with Crippen LogP contribution in [0.5, 0.6) is 0 Å². The van der Waals surface area contributed by atoms with Gasteiger partial charge in [0.2, 0.25) is 10.0 Å². The van der Waals surface area contributed by atoms with Crippen LogP contribution in [0.1, 0.15) is 24.2 Å². The van der Waals surface area contributed by atoms with Crippen molar-refractivity contribution in [1.82, 2.24) is 4.57 Å². The van der Waals surface area contributed by atoms with Crippen molar-refractivity contribution in [2.45, 2.75) is 20.4 Å². The highest BCUT2D eigenvalue weighted by Gasteiger charge is 2.16. The number of aryl methyl sites for hydroxylation is 1. The lowest BCUT2D eigenvalue weighted by molar-refractivity contribution is 0.102. The normalized spacial score (nSPS) is 11.7. The maximum Gasteiger partial charge on any atom is 0.255 e. The van der Waals surface area contributed by atoms with Gasteiger partial charge in [-0.25, -0.2) is 8.42 Å². The van der Waals surface area contributed by atoms with Crippen LogP contribution in [0.4, 0.5) is 11.4 Å². The molecular formula is C24H25N3O3S. The van der Waals surface area contributed by atoms with E-state index in [1.807, 2.05) is 30.3 Å². The number of amides is 1. The molecule has 1 aromatic heterocycles. The molecular weight excluding hydrogens is 410 g/mol. The monoisotopic (exact) mass is 435 g/mol. The van der Waals surface area contributed by atoms with Gasteiger partial charge in [-0.15, -0.1) is 0 Å². The zero-order valence-corrected chi connectivity index (χ0v) is 18.6. The van der Waals surface area contributed by atoms with Gasteiger partial charge in [0.1, 0.15) is 0 Å². The molecule has 6 nitrogen and oxygen atoms in total. The standard InChI is InChI=1S/C24H25N3O3S/c1-4-27-22-9-7-6-8-20(22)21-16-18(12-15-23(21)27)25-24(28)17-10-13-19(14-11-17)26(3)31(29,30)5-2/h6-16H,4-5H2,1-3H3,(H,25,28). The van der Waals surface area contributed by atoms with Crippen molar-refractivity contribution in [2.24, 2.45) is 0 Å².